The maximum Gasteiger partial charge on any atom is 0.321 e. The zero-order chi connectivity index (χ0) is 13.8. The van der Waals surface area contributed by atoms with Crippen molar-refractivity contribution in [2.45, 2.75) is 44.0 Å². The summed E-state index contributed by atoms with van der Waals surface area (Å²) in [6, 6.07) is -0.256. The monoisotopic (exact) mass is 297 g/mol. The van der Waals surface area contributed by atoms with Crippen LogP contribution in [0.2, 0.25) is 0 Å². The summed E-state index contributed by atoms with van der Waals surface area (Å²) < 4.78 is 11.8. The number of amides is 2. The predicted molar refractivity (Wildman–Crippen MR) is 75.8 cm³/mol. The van der Waals surface area contributed by atoms with Crippen molar-refractivity contribution in [3.8, 4) is 0 Å². The normalized spacial score (nSPS) is 24.7. The molecular formula is C13H19N3O3S. The number of hydrogen-bond acceptors (Lipinski definition) is 5. The Bertz CT molecular complexity index is 446. The molecule has 110 valence electrons. The first-order valence-corrected chi connectivity index (χ1v) is 7.90. The molecule has 1 atom stereocenters. The van der Waals surface area contributed by atoms with Crippen LogP contribution in [-0.4, -0.2) is 36.1 Å². The van der Waals surface area contributed by atoms with Crippen LogP contribution >= 0.6 is 11.3 Å². The van der Waals surface area contributed by atoms with Gasteiger partial charge in [-0.05, 0) is 12.8 Å². The molecule has 6 nitrogen and oxygen atoms in total. The third kappa shape index (κ3) is 3.28. The number of nitrogens with zero attached hydrogens (tertiary/aromatic N) is 1. The SMILES string of the molecule is O=C(NCC1COC2(CCCCC2)O1)Nc1nccs1. The summed E-state index contributed by atoms with van der Waals surface area (Å²) in [5.74, 6) is -0.379. The van der Waals surface area contributed by atoms with Crippen LogP contribution in [0.25, 0.3) is 0 Å². The van der Waals surface area contributed by atoms with Crippen LogP contribution in [0.3, 0.4) is 0 Å². The number of nitrogens with one attached hydrogen (secondary N) is 2. The molecule has 1 aliphatic heterocycles. The van der Waals surface area contributed by atoms with E-state index in [0.717, 1.165) is 25.7 Å². The first-order valence-electron chi connectivity index (χ1n) is 7.02. The van der Waals surface area contributed by atoms with Crippen molar-refractivity contribution in [3.05, 3.63) is 11.6 Å². The topological polar surface area (TPSA) is 72.5 Å². The van der Waals surface area contributed by atoms with Crippen molar-refractivity contribution in [2.24, 2.45) is 0 Å². The first kappa shape index (κ1) is 13.8. The van der Waals surface area contributed by atoms with Gasteiger partial charge >= 0.3 is 6.03 Å². The summed E-state index contributed by atoms with van der Waals surface area (Å²) in [6.07, 6.45) is 7.10. The van der Waals surface area contributed by atoms with E-state index in [1.54, 1.807) is 6.20 Å². The highest BCUT2D eigenvalue weighted by Crippen LogP contribution is 2.37. The number of aromatic nitrogens is 1. The van der Waals surface area contributed by atoms with E-state index in [2.05, 4.69) is 15.6 Å². The number of thiazole rings is 1. The van der Waals surface area contributed by atoms with Crippen LogP contribution in [0.5, 0.6) is 0 Å². The van der Waals surface area contributed by atoms with Gasteiger partial charge in [-0.1, -0.05) is 6.42 Å². The third-order valence-corrected chi connectivity index (χ3v) is 4.36. The minimum atomic E-state index is -0.379. The molecule has 1 unspecified atom stereocenters. The molecule has 20 heavy (non-hydrogen) atoms. The molecule has 2 heterocycles. The lowest BCUT2D eigenvalue weighted by Gasteiger charge is -2.31. The highest BCUT2D eigenvalue weighted by molar-refractivity contribution is 7.13. The number of carbonyl (C=O) groups is 1. The van der Waals surface area contributed by atoms with Crippen LogP contribution in [-0.2, 0) is 9.47 Å². The molecule has 1 aromatic rings. The van der Waals surface area contributed by atoms with Gasteiger partial charge < -0.3 is 14.8 Å². The van der Waals surface area contributed by atoms with E-state index in [0.29, 0.717) is 18.3 Å². The summed E-state index contributed by atoms with van der Waals surface area (Å²) >= 11 is 1.39. The number of urea groups is 1. The molecule has 2 aliphatic rings. The average molecular weight is 297 g/mol. The molecule has 2 fully saturated rings. The molecule has 2 amide bonds. The molecule has 0 radical (unpaired) electrons. The molecule has 0 aromatic carbocycles. The molecular weight excluding hydrogens is 278 g/mol. The van der Waals surface area contributed by atoms with Crippen LogP contribution in [0.4, 0.5) is 9.93 Å². The molecule has 2 N–H and O–H groups in total. The van der Waals surface area contributed by atoms with Gasteiger partial charge in [-0.15, -0.1) is 11.3 Å². The van der Waals surface area contributed by atoms with E-state index >= 15 is 0 Å². The summed E-state index contributed by atoms with van der Waals surface area (Å²) in [5.41, 5.74) is 0. The van der Waals surface area contributed by atoms with Crippen molar-refractivity contribution in [1.82, 2.24) is 10.3 Å². The van der Waals surface area contributed by atoms with Crippen molar-refractivity contribution in [3.63, 3.8) is 0 Å². The average Bonchev–Trinajstić information content (AvgIpc) is 3.08. The zero-order valence-electron chi connectivity index (χ0n) is 11.3. The van der Waals surface area contributed by atoms with E-state index in [1.165, 1.54) is 17.8 Å². The van der Waals surface area contributed by atoms with E-state index < -0.39 is 0 Å². The van der Waals surface area contributed by atoms with Crippen molar-refractivity contribution in [2.75, 3.05) is 18.5 Å². The minimum absolute atomic E-state index is 0.0601. The number of rotatable bonds is 3. The summed E-state index contributed by atoms with van der Waals surface area (Å²) in [6.45, 7) is 1.01. The van der Waals surface area contributed by atoms with Crippen LogP contribution in [0.15, 0.2) is 11.6 Å². The van der Waals surface area contributed by atoms with Gasteiger partial charge in [0.1, 0.15) is 6.10 Å². The Morgan fingerprint density at radius 1 is 1.45 bits per heavy atom. The lowest BCUT2D eigenvalue weighted by Crippen LogP contribution is -2.38. The van der Waals surface area contributed by atoms with Gasteiger partial charge in [0.25, 0.3) is 0 Å². The second kappa shape index (κ2) is 6.07. The van der Waals surface area contributed by atoms with E-state index in [9.17, 15) is 4.79 Å². The fourth-order valence-electron chi connectivity index (χ4n) is 2.70. The molecule has 0 bridgehead atoms. The molecule has 7 heteroatoms. The molecule has 3 rings (SSSR count). The molecule has 1 saturated heterocycles. The quantitative estimate of drug-likeness (QED) is 0.898. The lowest BCUT2D eigenvalue weighted by atomic mass is 9.94. The summed E-state index contributed by atoms with van der Waals surface area (Å²) in [4.78, 5) is 15.7. The Kier molecular flexibility index (Phi) is 4.18. The number of ether oxygens (including phenoxy) is 2. The second-order valence-corrected chi connectivity index (χ2v) is 6.09. The number of hydrogen-bond donors (Lipinski definition) is 2. The third-order valence-electron chi connectivity index (χ3n) is 3.67. The van der Waals surface area contributed by atoms with Gasteiger partial charge in [-0.25, -0.2) is 9.78 Å². The highest BCUT2D eigenvalue weighted by Gasteiger charge is 2.42. The fraction of sp³-hybridized carbons (Fsp3) is 0.692. The molecule has 1 saturated carbocycles. The van der Waals surface area contributed by atoms with Gasteiger partial charge in [0, 0.05) is 31.0 Å². The van der Waals surface area contributed by atoms with Crippen LogP contribution in [0, 0.1) is 0 Å². The van der Waals surface area contributed by atoms with Gasteiger partial charge in [0.05, 0.1) is 6.61 Å². The number of anilines is 1. The smallest absolute Gasteiger partial charge is 0.321 e. The summed E-state index contributed by atoms with van der Waals surface area (Å²) in [7, 11) is 0. The highest BCUT2D eigenvalue weighted by atomic mass is 32.1. The molecule has 1 aliphatic carbocycles. The van der Waals surface area contributed by atoms with E-state index in [1.807, 2.05) is 5.38 Å². The zero-order valence-corrected chi connectivity index (χ0v) is 12.1. The lowest BCUT2D eigenvalue weighted by molar-refractivity contribution is -0.186. The first-order chi connectivity index (χ1) is 9.76. The standard InChI is InChI=1S/C13H19N3O3S/c17-11(16-12-14-6-7-20-12)15-8-10-9-18-13(19-10)4-2-1-3-5-13/h6-7,10H,1-5,8-9H2,(H2,14,15,16,17). The van der Waals surface area contributed by atoms with Crippen molar-refractivity contribution >= 4 is 22.5 Å². The van der Waals surface area contributed by atoms with Crippen LogP contribution < -0.4 is 10.6 Å². The van der Waals surface area contributed by atoms with Gasteiger partial charge in [0.2, 0.25) is 0 Å². The summed E-state index contributed by atoms with van der Waals surface area (Å²) in [5, 5.41) is 7.88. The Labute approximate surface area is 121 Å². The maximum atomic E-state index is 11.7. The Balaban J connectivity index is 1.42. The Hall–Kier alpha value is -1.18. The Morgan fingerprint density at radius 2 is 2.30 bits per heavy atom. The van der Waals surface area contributed by atoms with E-state index in [-0.39, 0.29) is 17.9 Å². The number of carbonyl (C=O) groups excluding carboxylic acids is 1. The maximum absolute atomic E-state index is 11.7. The van der Waals surface area contributed by atoms with E-state index in [4.69, 9.17) is 9.47 Å². The Morgan fingerprint density at radius 3 is 3.05 bits per heavy atom. The van der Waals surface area contributed by atoms with Gasteiger partial charge in [-0.3, -0.25) is 5.32 Å². The minimum Gasteiger partial charge on any atom is -0.347 e. The van der Waals surface area contributed by atoms with Gasteiger partial charge in [0.15, 0.2) is 10.9 Å². The van der Waals surface area contributed by atoms with Crippen molar-refractivity contribution in [1.29, 1.82) is 0 Å². The second-order valence-electron chi connectivity index (χ2n) is 5.19. The van der Waals surface area contributed by atoms with Crippen LogP contribution in [0.1, 0.15) is 32.1 Å². The van der Waals surface area contributed by atoms with Crippen molar-refractivity contribution < 1.29 is 14.3 Å². The van der Waals surface area contributed by atoms with Gasteiger partial charge in [-0.2, -0.15) is 0 Å². The molecule has 1 spiro atoms. The predicted octanol–water partition coefficient (Wildman–Crippen LogP) is 2.34. The fourth-order valence-corrected chi connectivity index (χ4v) is 3.23. The molecule has 1 aromatic heterocycles. The largest absolute Gasteiger partial charge is 0.347 e.